The van der Waals surface area contributed by atoms with Crippen molar-refractivity contribution in [2.75, 3.05) is 24.6 Å². The van der Waals surface area contributed by atoms with Gasteiger partial charge < -0.3 is 0 Å². The van der Waals surface area contributed by atoms with Crippen LogP contribution in [0, 0.1) is 12.7 Å². The molecule has 0 amide bonds. The smallest absolute Gasteiger partial charge is 0.297 e. The van der Waals surface area contributed by atoms with Gasteiger partial charge in [-0.2, -0.15) is 26.9 Å². The zero-order valence-corrected chi connectivity index (χ0v) is 20.5. The number of quaternary nitrogens is 1. The Hall–Kier alpha value is -1.91. The molecule has 14 heteroatoms. The number of rotatable bonds is 7. The van der Waals surface area contributed by atoms with E-state index in [4.69, 9.17) is 5.84 Å². The van der Waals surface area contributed by atoms with Crippen LogP contribution < -0.4 is 14.4 Å². The molecule has 1 fully saturated rings. The lowest BCUT2D eigenvalue weighted by atomic mass is 10.1. The van der Waals surface area contributed by atoms with E-state index in [9.17, 15) is 26.3 Å². The molecule has 1 saturated heterocycles. The molecule has 0 bridgehead atoms. The number of anilines is 1. The highest BCUT2D eigenvalue weighted by atomic mass is 127. The van der Waals surface area contributed by atoms with E-state index in [0.29, 0.717) is 31.6 Å². The van der Waals surface area contributed by atoms with Gasteiger partial charge in [-0.25, -0.2) is 18.7 Å². The largest absolute Gasteiger partial charge is 0.417 e. The standard InChI is InChI=1S/C20H24F6IN7/c1-12-17(32-27-2)30-11-31-18(12)34(28)14-4-3-6-33(7-5-14)10-19(22,23)16-15(21)8-13(9-29-16)20(24,25)26/h8-9,11,14H,2-7,10,28H2,1H3,(H,30,31,32)/p+1. The zero-order chi connectivity index (χ0) is 25.1. The van der Waals surface area contributed by atoms with Gasteiger partial charge in [-0.05, 0) is 43.3 Å². The van der Waals surface area contributed by atoms with Gasteiger partial charge in [0.1, 0.15) is 33.0 Å². The molecule has 1 atom stereocenters. The Morgan fingerprint density at radius 2 is 1.94 bits per heavy atom. The van der Waals surface area contributed by atoms with Crippen molar-refractivity contribution in [1.82, 2.24) is 19.9 Å². The summed E-state index contributed by atoms with van der Waals surface area (Å²) in [5.74, 6) is 2.22. The molecule has 34 heavy (non-hydrogen) atoms. The SMILES string of the molecule is C=I[NH2+]c1ncnc(N(N)C2CCCN(CC(F)(F)c3ncc(C(F)(F)F)cc3F)CC2)c1C. The lowest BCUT2D eigenvalue weighted by molar-refractivity contribution is -0.326. The van der Waals surface area contributed by atoms with Crippen LogP contribution in [-0.4, -0.2) is 50.0 Å². The average Bonchev–Trinajstić information content (AvgIpc) is 2.99. The maximum atomic E-state index is 14.8. The van der Waals surface area contributed by atoms with E-state index < -0.39 is 35.7 Å². The number of halogens is 7. The van der Waals surface area contributed by atoms with Crippen LogP contribution in [0.2, 0.25) is 0 Å². The van der Waals surface area contributed by atoms with Gasteiger partial charge in [0.25, 0.3) is 0 Å². The molecule has 1 aliphatic rings. The van der Waals surface area contributed by atoms with Crippen molar-refractivity contribution in [3.63, 3.8) is 0 Å². The number of alkyl halides is 5. The second kappa shape index (κ2) is 10.8. The Labute approximate surface area is 202 Å². The van der Waals surface area contributed by atoms with Crippen molar-refractivity contribution >= 4 is 37.2 Å². The van der Waals surface area contributed by atoms with Gasteiger partial charge in [0.05, 0.1) is 17.7 Å². The van der Waals surface area contributed by atoms with Crippen LogP contribution in [0.3, 0.4) is 0 Å². The molecular weight excluding hydrogens is 579 g/mol. The molecule has 0 aromatic carbocycles. The third-order valence-corrected chi connectivity index (χ3v) is 6.67. The number of hydrazine groups is 1. The second-order valence-electron chi connectivity index (χ2n) is 8.00. The number of likely N-dealkylation sites (tertiary alicyclic amines) is 1. The first-order valence-electron chi connectivity index (χ1n) is 10.3. The number of hydrogen-bond donors (Lipinski definition) is 2. The minimum Gasteiger partial charge on any atom is -0.297 e. The Bertz CT molecular complexity index is 1020. The fourth-order valence-corrected chi connectivity index (χ4v) is 4.91. The molecule has 0 radical (unpaired) electrons. The number of hydrogen-bond acceptors (Lipinski definition) is 6. The van der Waals surface area contributed by atoms with E-state index in [-0.39, 0.29) is 45.9 Å². The molecule has 2 aromatic heterocycles. The number of pyridine rings is 1. The molecule has 3 rings (SSSR count). The Balaban J connectivity index is 1.69. The molecule has 0 saturated carbocycles. The first-order chi connectivity index (χ1) is 15.9. The molecule has 2 aromatic rings. The van der Waals surface area contributed by atoms with Crippen molar-refractivity contribution in [3.05, 3.63) is 41.2 Å². The second-order valence-corrected chi connectivity index (χ2v) is 9.50. The fraction of sp³-hybridized carbons (Fsp3) is 0.500. The van der Waals surface area contributed by atoms with Crippen LogP contribution in [0.25, 0.3) is 0 Å². The van der Waals surface area contributed by atoms with Crippen LogP contribution >= 0.6 is 21.0 Å². The molecule has 4 N–H and O–H groups in total. The van der Waals surface area contributed by atoms with Gasteiger partial charge in [-0.3, -0.25) is 14.9 Å². The molecule has 1 aliphatic heterocycles. The first-order valence-corrected chi connectivity index (χ1v) is 13.1. The summed E-state index contributed by atoms with van der Waals surface area (Å²) < 4.78 is 87.6. The van der Waals surface area contributed by atoms with Crippen LogP contribution in [-0.2, 0) is 12.1 Å². The van der Waals surface area contributed by atoms with E-state index in [1.54, 1.807) is 0 Å². The zero-order valence-electron chi connectivity index (χ0n) is 18.3. The average molecular weight is 604 g/mol. The maximum Gasteiger partial charge on any atom is 0.417 e. The van der Waals surface area contributed by atoms with Gasteiger partial charge >= 0.3 is 12.1 Å². The topological polar surface area (TPSA) is 87.8 Å². The molecule has 1 unspecified atom stereocenters. The van der Waals surface area contributed by atoms with E-state index in [1.165, 1.54) is 16.2 Å². The summed E-state index contributed by atoms with van der Waals surface area (Å²) in [7, 11) is 0. The number of nitrogens with zero attached hydrogens (tertiary/aromatic N) is 5. The van der Waals surface area contributed by atoms with Gasteiger partial charge in [0, 0.05) is 18.8 Å². The van der Waals surface area contributed by atoms with Gasteiger partial charge in [0.15, 0.2) is 11.6 Å². The predicted molar refractivity (Wildman–Crippen MR) is 123 cm³/mol. The summed E-state index contributed by atoms with van der Waals surface area (Å²) in [4.78, 5) is 13.1. The van der Waals surface area contributed by atoms with Crippen LogP contribution in [0.1, 0.15) is 36.1 Å². The van der Waals surface area contributed by atoms with Crippen LogP contribution in [0.4, 0.5) is 38.0 Å². The predicted octanol–water partition coefficient (Wildman–Crippen LogP) is 3.18. The van der Waals surface area contributed by atoms with Gasteiger partial charge in [0.2, 0.25) is 5.82 Å². The van der Waals surface area contributed by atoms with E-state index in [0.717, 1.165) is 11.4 Å². The summed E-state index contributed by atoms with van der Waals surface area (Å²) in [6.07, 6.45) is -1.61. The van der Waals surface area contributed by atoms with Gasteiger partial charge in [-0.15, -0.1) is 0 Å². The van der Waals surface area contributed by atoms with Crippen molar-refractivity contribution < 1.29 is 29.9 Å². The highest BCUT2D eigenvalue weighted by Crippen LogP contribution is 2.34. The Morgan fingerprint density at radius 1 is 1.21 bits per heavy atom. The number of aromatic nitrogens is 3. The third kappa shape index (κ3) is 6.20. The summed E-state index contributed by atoms with van der Waals surface area (Å²) in [6, 6.07) is -0.122. The Morgan fingerprint density at radius 3 is 2.59 bits per heavy atom. The van der Waals surface area contributed by atoms with Crippen molar-refractivity contribution in [3.8, 4) is 0 Å². The quantitative estimate of drug-likeness (QED) is 0.166. The highest BCUT2D eigenvalue weighted by molar-refractivity contribution is 14.1. The minimum absolute atomic E-state index is 0.0489. The monoisotopic (exact) mass is 604 g/mol. The van der Waals surface area contributed by atoms with Crippen molar-refractivity contribution in [1.29, 1.82) is 0 Å². The summed E-state index contributed by atoms with van der Waals surface area (Å²) in [6.45, 7) is 1.54. The first kappa shape index (κ1) is 26.7. The lowest BCUT2D eigenvalue weighted by Crippen LogP contribution is -2.66. The Kier molecular flexibility index (Phi) is 8.47. The molecule has 188 valence electrons. The summed E-state index contributed by atoms with van der Waals surface area (Å²) in [5, 5.41) is 1.54. The molecule has 0 spiro atoms. The van der Waals surface area contributed by atoms with Crippen molar-refractivity contribution in [2.24, 2.45) is 5.84 Å². The van der Waals surface area contributed by atoms with Crippen LogP contribution in [0.5, 0.6) is 0 Å². The normalized spacial score (nSPS) is 18.1. The maximum absolute atomic E-state index is 14.8. The van der Waals surface area contributed by atoms with E-state index >= 15 is 0 Å². The molecule has 7 nitrogen and oxygen atoms in total. The lowest BCUT2D eigenvalue weighted by Gasteiger charge is -2.29. The molecular formula is C20H25F6IN7+. The van der Waals surface area contributed by atoms with Gasteiger partial charge in [-0.1, -0.05) is 0 Å². The fourth-order valence-electron chi connectivity index (χ4n) is 3.86. The third-order valence-electron chi connectivity index (χ3n) is 5.64. The van der Waals surface area contributed by atoms with E-state index in [1.807, 2.05) is 10.5 Å². The van der Waals surface area contributed by atoms with Crippen LogP contribution in [0.15, 0.2) is 18.6 Å². The highest BCUT2D eigenvalue weighted by Gasteiger charge is 2.41. The molecule has 0 aliphatic carbocycles. The summed E-state index contributed by atoms with van der Waals surface area (Å²) >= 11 is -0.380. The molecule has 3 heterocycles. The van der Waals surface area contributed by atoms with Crippen molar-refractivity contribution in [2.45, 2.75) is 44.3 Å². The van der Waals surface area contributed by atoms with E-state index in [2.05, 4.69) is 19.5 Å². The summed E-state index contributed by atoms with van der Waals surface area (Å²) in [5.41, 5.74) is -1.90. The number of nitrogens with two attached hydrogens (primary N) is 2. The minimum atomic E-state index is -4.87.